The molecule has 1 aromatic carbocycles. The minimum atomic E-state index is -3.63. The molecule has 0 amide bonds. The number of likely N-dealkylation sites (N-methyl/N-ethyl adjacent to an activating group) is 1. The first-order valence-electron chi connectivity index (χ1n) is 5.83. The number of rotatable bonds is 7. The van der Waals surface area contributed by atoms with E-state index in [1.54, 1.807) is 6.92 Å². The molecule has 0 aliphatic carbocycles. The average molecular weight is 287 g/mol. The Morgan fingerprint density at radius 2 is 1.84 bits per heavy atom. The molecule has 0 saturated heterocycles. The molecule has 0 unspecified atom stereocenters. The summed E-state index contributed by atoms with van der Waals surface area (Å²) in [6.45, 7) is 1.74. The number of carbonyl (C=O) groups is 1. The first-order chi connectivity index (χ1) is 8.91. The summed E-state index contributed by atoms with van der Waals surface area (Å²) < 4.78 is 25.5. The molecule has 7 heteroatoms. The van der Waals surface area contributed by atoms with E-state index < -0.39 is 16.0 Å². The summed E-state index contributed by atoms with van der Waals surface area (Å²) in [5.74, 6) is -0.967. The van der Waals surface area contributed by atoms with Crippen molar-refractivity contribution in [3.05, 3.63) is 29.8 Å². The van der Waals surface area contributed by atoms with Gasteiger partial charge in [-0.05, 0) is 17.7 Å². The van der Waals surface area contributed by atoms with Gasteiger partial charge in [0, 0.05) is 13.1 Å². The number of aliphatic carboxylic acids is 1. The van der Waals surface area contributed by atoms with Crippen LogP contribution in [0.3, 0.4) is 0 Å². The van der Waals surface area contributed by atoms with Gasteiger partial charge in [0.1, 0.15) is 0 Å². The Balaban J connectivity index is 2.98. The van der Waals surface area contributed by atoms with Gasteiger partial charge in [0.2, 0.25) is 10.0 Å². The smallest absolute Gasteiger partial charge is 0.307 e. The zero-order chi connectivity index (χ0) is 14.5. The van der Waals surface area contributed by atoms with E-state index in [0.29, 0.717) is 5.56 Å². The molecule has 0 aromatic heterocycles. The monoisotopic (exact) mass is 287 g/mol. The molecule has 1 rings (SSSR count). The normalized spacial score (nSPS) is 11.7. The molecule has 1 aromatic rings. The number of carboxylic acid groups (broad SMARTS) is 1. The van der Waals surface area contributed by atoms with Gasteiger partial charge < -0.3 is 10.2 Å². The molecule has 0 bridgehead atoms. The van der Waals surface area contributed by atoms with Gasteiger partial charge in [-0.2, -0.15) is 4.31 Å². The molecule has 0 atom stereocenters. The predicted octanol–water partition coefficient (Wildman–Crippen LogP) is 0.317. The summed E-state index contributed by atoms with van der Waals surface area (Å²) in [6.07, 6.45) is -0.144. The number of aliphatic hydroxyl groups excluding tert-OH is 1. The van der Waals surface area contributed by atoms with Crippen LogP contribution < -0.4 is 0 Å². The van der Waals surface area contributed by atoms with E-state index in [2.05, 4.69) is 0 Å². The molecule has 0 saturated carbocycles. The fourth-order valence-corrected chi connectivity index (χ4v) is 3.10. The molecular formula is C12H17NO5S. The van der Waals surface area contributed by atoms with Crippen molar-refractivity contribution < 1.29 is 23.4 Å². The van der Waals surface area contributed by atoms with E-state index in [0.717, 1.165) is 0 Å². The Morgan fingerprint density at radius 1 is 1.26 bits per heavy atom. The van der Waals surface area contributed by atoms with Crippen molar-refractivity contribution in [3.8, 4) is 0 Å². The van der Waals surface area contributed by atoms with Crippen LogP contribution >= 0.6 is 0 Å². The SMILES string of the molecule is CCN(CCO)S(=O)(=O)c1ccc(CC(=O)O)cc1. The molecule has 2 N–H and O–H groups in total. The third-order valence-corrected chi connectivity index (χ3v) is 4.61. The highest BCUT2D eigenvalue weighted by Crippen LogP contribution is 2.16. The van der Waals surface area contributed by atoms with Gasteiger partial charge in [-0.1, -0.05) is 19.1 Å². The van der Waals surface area contributed by atoms with Crippen LogP contribution in [-0.2, 0) is 21.2 Å². The fourth-order valence-electron chi connectivity index (χ4n) is 1.66. The lowest BCUT2D eigenvalue weighted by atomic mass is 10.2. The van der Waals surface area contributed by atoms with Gasteiger partial charge in [0.15, 0.2) is 0 Å². The Hall–Kier alpha value is -1.44. The van der Waals surface area contributed by atoms with Crippen molar-refractivity contribution in [2.24, 2.45) is 0 Å². The summed E-state index contributed by atoms with van der Waals surface area (Å²) >= 11 is 0. The maximum atomic E-state index is 12.2. The van der Waals surface area contributed by atoms with E-state index >= 15 is 0 Å². The largest absolute Gasteiger partial charge is 0.481 e. The minimum absolute atomic E-state index is 0.0374. The maximum Gasteiger partial charge on any atom is 0.307 e. The third-order valence-electron chi connectivity index (χ3n) is 2.62. The molecule has 0 fully saturated rings. The van der Waals surface area contributed by atoms with Crippen molar-refractivity contribution in [3.63, 3.8) is 0 Å². The van der Waals surface area contributed by atoms with Gasteiger partial charge >= 0.3 is 5.97 Å². The highest BCUT2D eigenvalue weighted by molar-refractivity contribution is 7.89. The van der Waals surface area contributed by atoms with Crippen LogP contribution in [0, 0.1) is 0 Å². The molecule has 19 heavy (non-hydrogen) atoms. The maximum absolute atomic E-state index is 12.2. The summed E-state index contributed by atoms with van der Waals surface area (Å²) in [5, 5.41) is 17.5. The number of hydrogen-bond acceptors (Lipinski definition) is 4. The van der Waals surface area contributed by atoms with E-state index in [1.165, 1.54) is 28.6 Å². The molecule has 0 aliphatic heterocycles. The number of hydrogen-bond donors (Lipinski definition) is 2. The van der Waals surface area contributed by atoms with Gasteiger partial charge in [0.25, 0.3) is 0 Å². The lowest BCUT2D eigenvalue weighted by Crippen LogP contribution is -2.33. The Morgan fingerprint density at radius 3 is 2.26 bits per heavy atom. The van der Waals surface area contributed by atoms with Crippen molar-refractivity contribution in [2.45, 2.75) is 18.2 Å². The number of aliphatic hydroxyl groups is 1. The average Bonchev–Trinajstić information content (AvgIpc) is 2.35. The van der Waals surface area contributed by atoms with Gasteiger partial charge in [-0.3, -0.25) is 4.79 Å². The number of carboxylic acids is 1. The standard InChI is InChI=1S/C12H17NO5S/c1-2-13(7-8-14)19(17,18)11-5-3-10(4-6-11)9-12(15)16/h3-6,14H,2,7-9H2,1H3,(H,15,16). The lowest BCUT2D eigenvalue weighted by Gasteiger charge is -2.19. The lowest BCUT2D eigenvalue weighted by molar-refractivity contribution is -0.136. The number of nitrogens with zero attached hydrogens (tertiary/aromatic N) is 1. The van der Waals surface area contributed by atoms with Crippen molar-refractivity contribution in [2.75, 3.05) is 19.7 Å². The second-order valence-corrected chi connectivity index (χ2v) is 5.87. The van der Waals surface area contributed by atoms with Crippen LogP contribution in [0.25, 0.3) is 0 Å². The Kier molecular flexibility index (Phi) is 5.46. The Bertz CT molecular complexity index is 524. The molecule has 0 heterocycles. The highest BCUT2D eigenvalue weighted by atomic mass is 32.2. The zero-order valence-corrected chi connectivity index (χ0v) is 11.4. The number of sulfonamides is 1. The summed E-state index contributed by atoms with van der Waals surface area (Å²) in [6, 6.07) is 5.73. The van der Waals surface area contributed by atoms with E-state index in [4.69, 9.17) is 10.2 Å². The van der Waals surface area contributed by atoms with Crippen molar-refractivity contribution in [1.29, 1.82) is 0 Å². The van der Waals surface area contributed by atoms with E-state index in [1.807, 2.05) is 0 Å². The van der Waals surface area contributed by atoms with Gasteiger partial charge in [-0.25, -0.2) is 8.42 Å². The first-order valence-corrected chi connectivity index (χ1v) is 7.27. The fraction of sp³-hybridized carbons (Fsp3) is 0.417. The van der Waals surface area contributed by atoms with Crippen molar-refractivity contribution in [1.82, 2.24) is 4.31 Å². The topological polar surface area (TPSA) is 94.9 Å². The third kappa shape index (κ3) is 4.02. The van der Waals surface area contributed by atoms with E-state index in [-0.39, 0.29) is 31.0 Å². The molecule has 0 aliphatic rings. The van der Waals surface area contributed by atoms with Crippen LogP contribution in [0.2, 0.25) is 0 Å². The van der Waals surface area contributed by atoms with Crippen LogP contribution in [0.4, 0.5) is 0 Å². The van der Waals surface area contributed by atoms with E-state index in [9.17, 15) is 13.2 Å². The Labute approximate surface area is 112 Å². The van der Waals surface area contributed by atoms with Gasteiger partial charge in [-0.15, -0.1) is 0 Å². The first kappa shape index (κ1) is 15.6. The summed E-state index contributed by atoms with van der Waals surface area (Å²) in [7, 11) is -3.63. The molecule has 0 spiro atoms. The van der Waals surface area contributed by atoms with Crippen LogP contribution in [0.15, 0.2) is 29.2 Å². The van der Waals surface area contributed by atoms with Gasteiger partial charge in [0.05, 0.1) is 17.9 Å². The molecule has 106 valence electrons. The summed E-state index contributed by atoms with van der Waals surface area (Å²) in [4.78, 5) is 10.6. The highest BCUT2D eigenvalue weighted by Gasteiger charge is 2.22. The second-order valence-electron chi connectivity index (χ2n) is 3.93. The molecular weight excluding hydrogens is 270 g/mol. The zero-order valence-electron chi connectivity index (χ0n) is 10.6. The molecule has 0 radical (unpaired) electrons. The molecule has 6 nitrogen and oxygen atoms in total. The predicted molar refractivity (Wildman–Crippen MR) is 69.3 cm³/mol. The van der Waals surface area contributed by atoms with Crippen LogP contribution in [0.5, 0.6) is 0 Å². The second kappa shape index (κ2) is 6.65. The van der Waals surface area contributed by atoms with Crippen LogP contribution in [-0.4, -0.2) is 48.6 Å². The quantitative estimate of drug-likeness (QED) is 0.753. The van der Waals surface area contributed by atoms with Crippen LogP contribution in [0.1, 0.15) is 12.5 Å². The number of benzene rings is 1. The minimum Gasteiger partial charge on any atom is -0.481 e. The summed E-state index contributed by atoms with van der Waals surface area (Å²) in [5.41, 5.74) is 0.539. The van der Waals surface area contributed by atoms with Crippen molar-refractivity contribution >= 4 is 16.0 Å².